The minimum Gasteiger partial charge on any atom is -0.480 e. The number of hydrogen-bond acceptors (Lipinski definition) is 3. The number of rotatable bonds is 3. The van der Waals surface area contributed by atoms with Crippen molar-refractivity contribution in [1.29, 1.82) is 0 Å². The van der Waals surface area contributed by atoms with Crippen molar-refractivity contribution in [2.45, 2.75) is 12.6 Å². The van der Waals surface area contributed by atoms with E-state index in [4.69, 9.17) is 5.11 Å². The predicted molar refractivity (Wildman–Crippen MR) is 61.2 cm³/mol. The number of aliphatic carboxylic acids is 1. The predicted octanol–water partition coefficient (Wildman–Crippen LogP) is 0.350. The Morgan fingerprint density at radius 2 is 2.21 bits per heavy atom. The van der Waals surface area contributed by atoms with Gasteiger partial charge < -0.3 is 10.4 Å². The second kappa shape index (κ2) is 5.31. The molecule has 0 radical (unpaired) electrons. The average Bonchev–Trinajstić information content (AvgIpc) is 2.32. The second-order valence-electron chi connectivity index (χ2n) is 4.30. The van der Waals surface area contributed by atoms with Crippen LogP contribution in [0.3, 0.4) is 0 Å². The summed E-state index contributed by atoms with van der Waals surface area (Å²) in [7, 11) is 0. The van der Waals surface area contributed by atoms with E-state index in [1.807, 2.05) is 0 Å². The van der Waals surface area contributed by atoms with E-state index in [1.54, 1.807) is 0 Å². The number of nitrogens with one attached hydrogen (secondary N) is 1. The Bertz CT molecular complexity index is 522. The summed E-state index contributed by atoms with van der Waals surface area (Å²) in [5.41, 5.74) is 0.155. The van der Waals surface area contributed by atoms with Gasteiger partial charge in [-0.2, -0.15) is 0 Å². The monoisotopic (exact) mass is 270 g/mol. The number of carboxylic acid groups (broad SMARTS) is 1. The van der Waals surface area contributed by atoms with Crippen LogP contribution < -0.4 is 5.32 Å². The molecule has 1 aliphatic heterocycles. The molecule has 1 saturated heterocycles. The van der Waals surface area contributed by atoms with Crippen molar-refractivity contribution in [1.82, 2.24) is 10.2 Å². The fourth-order valence-electron chi connectivity index (χ4n) is 1.97. The molecule has 0 aliphatic carbocycles. The topological polar surface area (TPSA) is 69.6 Å². The van der Waals surface area contributed by atoms with Gasteiger partial charge in [-0.1, -0.05) is 6.07 Å². The standard InChI is InChI=1S/C12H12F2N2O3/c13-8-2-1-7(9(14)3-8)5-16-6-11(17)15-4-10(16)12(18)19/h1-3,10H,4-6H2,(H,15,17)(H,18,19). The third-order valence-electron chi connectivity index (χ3n) is 2.95. The lowest BCUT2D eigenvalue weighted by Gasteiger charge is -2.32. The highest BCUT2D eigenvalue weighted by atomic mass is 19.1. The van der Waals surface area contributed by atoms with Crippen LogP contribution in [0.1, 0.15) is 5.56 Å². The van der Waals surface area contributed by atoms with Crippen LogP contribution in [0.2, 0.25) is 0 Å². The van der Waals surface area contributed by atoms with Gasteiger partial charge in [-0.25, -0.2) is 8.78 Å². The van der Waals surface area contributed by atoms with E-state index in [-0.39, 0.29) is 31.1 Å². The molecule has 0 aromatic heterocycles. The molecule has 0 saturated carbocycles. The third kappa shape index (κ3) is 3.05. The number of carbonyl (C=O) groups excluding carboxylic acids is 1. The van der Waals surface area contributed by atoms with Crippen molar-refractivity contribution in [3.8, 4) is 0 Å². The van der Waals surface area contributed by atoms with E-state index in [0.717, 1.165) is 12.1 Å². The summed E-state index contributed by atoms with van der Waals surface area (Å²) in [5, 5.41) is 11.5. The van der Waals surface area contributed by atoms with Crippen LogP contribution in [-0.4, -0.2) is 41.0 Å². The molecule has 2 N–H and O–H groups in total. The molecule has 5 nitrogen and oxygen atoms in total. The highest BCUT2D eigenvalue weighted by Crippen LogP contribution is 2.15. The van der Waals surface area contributed by atoms with Crippen LogP contribution in [0.4, 0.5) is 8.78 Å². The molecule has 1 aromatic rings. The lowest BCUT2D eigenvalue weighted by atomic mass is 10.1. The number of amides is 1. The van der Waals surface area contributed by atoms with E-state index in [9.17, 15) is 18.4 Å². The van der Waals surface area contributed by atoms with Gasteiger partial charge in [0.15, 0.2) is 0 Å². The molecule has 7 heteroatoms. The summed E-state index contributed by atoms with van der Waals surface area (Å²) in [5.74, 6) is -2.87. The van der Waals surface area contributed by atoms with Crippen molar-refractivity contribution in [3.05, 3.63) is 35.4 Å². The highest BCUT2D eigenvalue weighted by Gasteiger charge is 2.32. The molecule has 0 spiro atoms. The molecule has 1 atom stereocenters. The molecule has 19 heavy (non-hydrogen) atoms. The maximum atomic E-state index is 13.5. The summed E-state index contributed by atoms with van der Waals surface area (Å²) in [6.07, 6.45) is 0. The Balaban J connectivity index is 2.18. The molecule has 1 heterocycles. The van der Waals surface area contributed by atoms with E-state index in [2.05, 4.69) is 5.32 Å². The fraction of sp³-hybridized carbons (Fsp3) is 0.333. The lowest BCUT2D eigenvalue weighted by Crippen LogP contribution is -2.57. The zero-order valence-electron chi connectivity index (χ0n) is 9.90. The Kier molecular flexibility index (Phi) is 3.75. The molecular weight excluding hydrogens is 258 g/mol. The van der Waals surface area contributed by atoms with Crippen molar-refractivity contribution in [3.63, 3.8) is 0 Å². The van der Waals surface area contributed by atoms with Crippen LogP contribution in [0, 0.1) is 11.6 Å². The molecule has 1 unspecified atom stereocenters. The third-order valence-corrected chi connectivity index (χ3v) is 2.95. The van der Waals surface area contributed by atoms with Crippen molar-refractivity contribution in [2.75, 3.05) is 13.1 Å². The van der Waals surface area contributed by atoms with Gasteiger partial charge in [0.2, 0.25) is 5.91 Å². The molecule has 102 valence electrons. The Hall–Kier alpha value is -2.02. The van der Waals surface area contributed by atoms with Gasteiger partial charge in [-0.05, 0) is 6.07 Å². The van der Waals surface area contributed by atoms with Gasteiger partial charge in [0.05, 0.1) is 6.54 Å². The molecule has 0 bridgehead atoms. The van der Waals surface area contributed by atoms with Gasteiger partial charge in [0, 0.05) is 24.7 Å². The molecule has 2 rings (SSSR count). The van der Waals surface area contributed by atoms with Crippen LogP contribution in [0.25, 0.3) is 0 Å². The molecule has 1 aromatic carbocycles. The van der Waals surface area contributed by atoms with Gasteiger partial charge in [0.1, 0.15) is 17.7 Å². The van der Waals surface area contributed by atoms with Gasteiger partial charge >= 0.3 is 5.97 Å². The maximum Gasteiger partial charge on any atom is 0.322 e. The first kappa shape index (κ1) is 13.4. The first-order valence-corrected chi connectivity index (χ1v) is 5.65. The first-order valence-electron chi connectivity index (χ1n) is 5.65. The summed E-state index contributed by atoms with van der Waals surface area (Å²) in [6, 6.07) is 2.16. The zero-order valence-corrected chi connectivity index (χ0v) is 9.90. The summed E-state index contributed by atoms with van der Waals surface area (Å²) in [4.78, 5) is 23.7. The summed E-state index contributed by atoms with van der Waals surface area (Å²) >= 11 is 0. The summed E-state index contributed by atoms with van der Waals surface area (Å²) in [6.45, 7) is -0.221. The summed E-state index contributed by atoms with van der Waals surface area (Å²) < 4.78 is 26.3. The molecular formula is C12H12F2N2O3. The zero-order chi connectivity index (χ0) is 14.0. The number of carboxylic acids is 1. The Morgan fingerprint density at radius 1 is 1.47 bits per heavy atom. The maximum absolute atomic E-state index is 13.5. The molecule has 1 fully saturated rings. The van der Waals surface area contributed by atoms with E-state index in [0.29, 0.717) is 0 Å². The largest absolute Gasteiger partial charge is 0.480 e. The first-order chi connectivity index (χ1) is 8.97. The smallest absolute Gasteiger partial charge is 0.322 e. The van der Waals surface area contributed by atoms with Crippen LogP contribution >= 0.6 is 0 Å². The lowest BCUT2D eigenvalue weighted by molar-refractivity contribution is -0.146. The van der Waals surface area contributed by atoms with Gasteiger partial charge in [-0.15, -0.1) is 0 Å². The van der Waals surface area contributed by atoms with E-state index >= 15 is 0 Å². The van der Waals surface area contributed by atoms with Crippen LogP contribution in [-0.2, 0) is 16.1 Å². The second-order valence-corrected chi connectivity index (χ2v) is 4.30. The van der Waals surface area contributed by atoms with Crippen LogP contribution in [0.5, 0.6) is 0 Å². The number of nitrogens with zero attached hydrogens (tertiary/aromatic N) is 1. The quantitative estimate of drug-likeness (QED) is 0.831. The van der Waals surface area contributed by atoms with Crippen molar-refractivity contribution in [2.24, 2.45) is 0 Å². The average molecular weight is 270 g/mol. The highest BCUT2D eigenvalue weighted by molar-refractivity contribution is 5.83. The Labute approximate surface area is 107 Å². The molecule has 1 aliphatic rings. The van der Waals surface area contributed by atoms with E-state index in [1.165, 1.54) is 11.0 Å². The Morgan fingerprint density at radius 3 is 2.84 bits per heavy atom. The molecule has 1 amide bonds. The van der Waals surface area contributed by atoms with Crippen molar-refractivity contribution < 1.29 is 23.5 Å². The normalized spacial score (nSPS) is 20.1. The number of piperazine rings is 1. The number of carbonyl (C=O) groups is 2. The fourth-order valence-corrected chi connectivity index (χ4v) is 1.97. The van der Waals surface area contributed by atoms with Gasteiger partial charge in [0.25, 0.3) is 0 Å². The van der Waals surface area contributed by atoms with Crippen molar-refractivity contribution >= 4 is 11.9 Å². The van der Waals surface area contributed by atoms with Gasteiger partial charge in [-0.3, -0.25) is 14.5 Å². The minimum absolute atomic E-state index is 0.0308. The van der Waals surface area contributed by atoms with Crippen LogP contribution in [0.15, 0.2) is 18.2 Å². The number of hydrogen-bond donors (Lipinski definition) is 2. The minimum atomic E-state index is -1.09. The SMILES string of the molecule is O=C1CN(Cc2ccc(F)cc2F)C(C(=O)O)CN1. The number of benzene rings is 1. The van der Waals surface area contributed by atoms with E-state index < -0.39 is 23.6 Å². The number of halogens is 2.